The van der Waals surface area contributed by atoms with Gasteiger partial charge in [-0.25, -0.2) is 8.78 Å². The molecule has 10 nitrogen and oxygen atoms in total. The van der Waals surface area contributed by atoms with E-state index in [2.05, 4.69) is 15.6 Å². The van der Waals surface area contributed by atoms with E-state index in [1.54, 1.807) is 18.2 Å². The van der Waals surface area contributed by atoms with Crippen LogP contribution in [0.1, 0.15) is 54.7 Å². The molecule has 3 N–H and O–H groups in total. The number of amides is 2. The zero-order valence-electron chi connectivity index (χ0n) is 28.5. The number of rotatable bonds is 16. The first kappa shape index (κ1) is 36.8. The normalized spacial score (nSPS) is 12.8. The number of unbranched alkanes of at least 4 members (excludes halogenated alkanes) is 3. The Morgan fingerprint density at radius 3 is 2.17 bits per heavy atom. The molecule has 0 saturated heterocycles. The summed E-state index contributed by atoms with van der Waals surface area (Å²) in [7, 11) is 0. The monoisotopic (exact) mass is 689 g/mol. The third-order valence-electron chi connectivity index (χ3n) is 7.74. The molecule has 0 bridgehead atoms. The van der Waals surface area contributed by atoms with Crippen molar-refractivity contribution < 1.29 is 45.3 Å². The molecule has 4 aromatic rings. The average molecular weight is 690 g/mol. The summed E-state index contributed by atoms with van der Waals surface area (Å²) in [6.07, 6.45) is 5.35. The van der Waals surface area contributed by atoms with E-state index < -0.39 is 34.8 Å². The molecule has 0 atom stereocenters. The van der Waals surface area contributed by atoms with Crippen molar-refractivity contribution >= 4 is 77.8 Å². The van der Waals surface area contributed by atoms with E-state index in [0.29, 0.717) is 66.3 Å². The maximum absolute atomic E-state index is 15.3. The molecule has 3 aromatic carbocycles. The smallest absolute Gasteiger partial charge is 1.00 e. The first-order valence-corrected chi connectivity index (χ1v) is 15.4. The van der Waals surface area contributed by atoms with E-state index in [-0.39, 0.29) is 58.4 Å². The summed E-state index contributed by atoms with van der Waals surface area (Å²) in [4.78, 5) is 41.0. The Hall–Kier alpha value is -4.00. The SMILES string of the molecule is CCOc1cc2c(Oc3ccc(NC(=O)C4(C(=O)Nc5ccc(F)cc5)CC4)cc3F)ccnc2cc1OCCCCCCC(=O)O.[Ca+2].[H-].[H-]. The number of hydrogen-bond donors (Lipinski definition) is 3. The van der Waals surface area contributed by atoms with E-state index in [1.807, 2.05) is 6.92 Å². The second-order valence-electron chi connectivity index (χ2n) is 11.2. The molecular formula is C35H37CaF2N3O7. The second kappa shape index (κ2) is 16.9. The van der Waals surface area contributed by atoms with Crippen LogP contribution in [-0.4, -0.2) is 78.8 Å². The molecule has 13 heteroatoms. The first-order valence-electron chi connectivity index (χ1n) is 15.4. The van der Waals surface area contributed by atoms with Gasteiger partial charge >= 0.3 is 43.7 Å². The van der Waals surface area contributed by atoms with Crippen LogP contribution in [0.4, 0.5) is 20.2 Å². The molecule has 1 saturated carbocycles. The Kier molecular flexibility index (Phi) is 13.0. The van der Waals surface area contributed by atoms with Gasteiger partial charge in [0.25, 0.3) is 0 Å². The molecule has 1 aromatic heterocycles. The van der Waals surface area contributed by atoms with Crippen molar-refractivity contribution in [2.75, 3.05) is 23.8 Å². The maximum atomic E-state index is 15.3. The number of carbonyl (C=O) groups is 3. The van der Waals surface area contributed by atoms with Gasteiger partial charge in [0, 0.05) is 41.5 Å². The number of hydrogen-bond acceptors (Lipinski definition) is 7. The van der Waals surface area contributed by atoms with Gasteiger partial charge in [-0.2, -0.15) is 0 Å². The van der Waals surface area contributed by atoms with Crippen LogP contribution in [0.15, 0.2) is 66.9 Å². The number of aromatic nitrogens is 1. The van der Waals surface area contributed by atoms with Gasteiger partial charge in [0.15, 0.2) is 23.1 Å². The summed E-state index contributed by atoms with van der Waals surface area (Å²) >= 11 is 0. The van der Waals surface area contributed by atoms with Crippen LogP contribution in [0.2, 0.25) is 0 Å². The minimum absolute atomic E-state index is 0. The van der Waals surface area contributed by atoms with Crippen LogP contribution in [0.25, 0.3) is 10.9 Å². The Labute approximate surface area is 309 Å². The van der Waals surface area contributed by atoms with E-state index in [4.69, 9.17) is 19.3 Å². The number of nitrogens with one attached hydrogen (secondary N) is 2. The summed E-state index contributed by atoms with van der Waals surface area (Å²) in [5.41, 5.74) is -0.229. The zero-order valence-corrected chi connectivity index (χ0v) is 28.7. The molecule has 1 aliphatic rings. The summed E-state index contributed by atoms with van der Waals surface area (Å²) in [6, 6.07) is 14.3. The Morgan fingerprint density at radius 1 is 0.833 bits per heavy atom. The maximum Gasteiger partial charge on any atom is 2.00 e. The predicted molar refractivity (Wildman–Crippen MR) is 179 cm³/mol. The third-order valence-corrected chi connectivity index (χ3v) is 7.74. The van der Waals surface area contributed by atoms with Gasteiger partial charge in [0.2, 0.25) is 11.8 Å². The number of anilines is 2. The predicted octanol–water partition coefficient (Wildman–Crippen LogP) is 7.32. The number of aliphatic carboxylic acids is 1. The molecule has 0 radical (unpaired) electrons. The fourth-order valence-electron chi connectivity index (χ4n) is 5.01. The van der Waals surface area contributed by atoms with Gasteiger partial charge in [-0.1, -0.05) is 12.8 Å². The van der Waals surface area contributed by atoms with Gasteiger partial charge in [0.05, 0.1) is 18.7 Å². The zero-order chi connectivity index (χ0) is 33.4. The van der Waals surface area contributed by atoms with Crippen molar-refractivity contribution in [3.8, 4) is 23.0 Å². The number of nitrogens with zero attached hydrogens (tertiary/aromatic N) is 1. The largest absolute Gasteiger partial charge is 2.00 e. The molecule has 48 heavy (non-hydrogen) atoms. The first-order chi connectivity index (χ1) is 22.7. The molecule has 1 fully saturated rings. The van der Waals surface area contributed by atoms with Gasteiger partial charge in [-0.05, 0) is 81.1 Å². The van der Waals surface area contributed by atoms with E-state index >= 15 is 4.39 Å². The summed E-state index contributed by atoms with van der Waals surface area (Å²) in [5, 5.41) is 14.6. The summed E-state index contributed by atoms with van der Waals surface area (Å²) in [5.74, 6) is -1.85. The summed E-state index contributed by atoms with van der Waals surface area (Å²) in [6.45, 7) is 2.64. The van der Waals surface area contributed by atoms with Crippen molar-refractivity contribution in [1.29, 1.82) is 0 Å². The fraction of sp³-hybridized carbons (Fsp3) is 0.314. The van der Waals surface area contributed by atoms with Crippen LogP contribution in [-0.2, 0) is 14.4 Å². The minimum atomic E-state index is -1.29. The minimum Gasteiger partial charge on any atom is -1.00 e. The van der Waals surface area contributed by atoms with Crippen molar-refractivity contribution in [2.24, 2.45) is 5.41 Å². The number of fused-ring (bicyclic) bond motifs is 1. The van der Waals surface area contributed by atoms with Crippen LogP contribution in [0.5, 0.6) is 23.0 Å². The molecular weight excluding hydrogens is 652 g/mol. The van der Waals surface area contributed by atoms with Gasteiger partial charge < -0.3 is 32.8 Å². The van der Waals surface area contributed by atoms with Crippen LogP contribution in [0, 0.1) is 17.0 Å². The number of carboxylic acids is 1. The Morgan fingerprint density at radius 2 is 1.50 bits per heavy atom. The quantitative estimate of drug-likeness (QED) is 0.0633. The molecule has 0 aliphatic heterocycles. The van der Waals surface area contributed by atoms with Crippen molar-refractivity contribution in [3.63, 3.8) is 0 Å². The number of carboxylic acid groups (broad SMARTS) is 1. The number of carbonyl (C=O) groups excluding carboxylic acids is 2. The molecule has 250 valence electrons. The fourth-order valence-corrected chi connectivity index (χ4v) is 5.01. The third kappa shape index (κ3) is 9.33. The number of benzene rings is 3. The van der Waals surface area contributed by atoms with Crippen LogP contribution < -0.4 is 24.8 Å². The van der Waals surface area contributed by atoms with Crippen molar-refractivity contribution in [2.45, 2.75) is 51.9 Å². The van der Waals surface area contributed by atoms with E-state index in [0.717, 1.165) is 25.3 Å². The van der Waals surface area contributed by atoms with Gasteiger partial charge in [0.1, 0.15) is 17.0 Å². The Balaban J connectivity index is 0.00000289. The average Bonchev–Trinajstić information content (AvgIpc) is 3.86. The molecule has 1 heterocycles. The Bertz CT molecular complexity index is 1780. The number of halogens is 2. The van der Waals surface area contributed by atoms with Gasteiger partial charge in [-0.3, -0.25) is 19.4 Å². The topological polar surface area (TPSA) is 136 Å². The second-order valence-corrected chi connectivity index (χ2v) is 11.2. The van der Waals surface area contributed by atoms with Crippen molar-refractivity contribution in [1.82, 2.24) is 4.98 Å². The van der Waals surface area contributed by atoms with Gasteiger partial charge in [-0.15, -0.1) is 0 Å². The molecule has 2 amide bonds. The van der Waals surface area contributed by atoms with E-state index in [1.165, 1.54) is 42.6 Å². The van der Waals surface area contributed by atoms with Crippen LogP contribution >= 0.6 is 0 Å². The standard InChI is InChI=1S/C35H35F2N3O7.Ca.2H/c1-2-45-30-20-25-27(21-31(30)46-18-6-4-3-5-7-32(41)42)38-17-14-28(25)47-29-13-12-24(19-26(29)37)40-34(44)35(15-16-35)33(43)39-23-10-8-22(36)9-11-23;;;/h8-14,17,19-21H,2-7,15-16,18H2,1H3,(H,39,43)(H,40,44)(H,41,42);;;/q;+2;2*-1. The molecule has 1 aliphatic carbocycles. The number of ether oxygens (including phenoxy) is 3. The van der Waals surface area contributed by atoms with Crippen molar-refractivity contribution in [3.05, 3.63) is 78.5 Å². The molecule has 5 rings (SSSR count). The van der Waals surface area contributed by atoms with Crippen LogP contribution in [0.3, 0.4) is 0 Å². The summed E-state index contributed by atoms with van der Waals surface area (Å²) < 4.78 is 46.2. The number of pyridine rings is 1. The molecule has 0 spiro atoms. The molecule has 0 unspecified atom stereocenters. The van der Waals surface area contributed by atoms with E-state index in [9.17, 15) is 18.8 Å².